The summed E-state index contributed by atoms with van der Waals surface area (Å²) in [6.07, 6.45) is 35.7. The van der Waals surface area contributed by atoms with Gasteiger partial charge >= 0.3 is 0 Å². The van der Waals surface area contributed by atoms with Gasteiger partial charge in [-0.25, -0.2) is 0 Å². The Balaban J connectivity index is 3.87. The van der Waals surface area contributed by atoms with Crippen molar-refractivity contribution in [3.63, 3.8) is 0 Å². The summed E-state index contributed by atoms with van der Waals surface area (Å²) >= 11 is 0. The molecular weight excluding hydrogens is 434 g/mol. The third-order valence-electron chi connectivity index (χ3n) is 5.82. The van der Waals surface area contributed by atoms with E-state index in [0.29, 0.717) is 6.42 Å². The summed E-state index contributed by atoms with van der Waals surface area (Å²) in [4.78, 5) is 12.1. The Morgan fingerprint density at radius 2 is 1.14 bits per heavy atom. The number of allylic oxidation sites excluding steroid dienone is 9. The molecule has 4 nitrogen and oxygen atoms in total. The first-order valence-corrected chi connectivity index (χ1v) is 14.0. The molecule has 1 amide bonds. The normalized spacial score (nSPS) is 14.3. The number of carbonyl (C=O) groups excluding carboxylic acids is 1. The molecule has 2 atom stereocenters. The Morgan fingerprint density at radius 3 is 1.63 bits per heavy atom. The maximum Gasteiger partial charge on any atom is 0.224 e. The lowest BCUT2D eigenvalue weighted by atomic mass is 10.0. The lowest BCUT2D eigenvalue weighted by molar-refractivity contribution is -0.122. The van der Waals surface area contributed by atoms with E-state index >= 15 is 0 Å². The topological polar surface area (TPSA) is 69.6 Å². The van der Waals surface area contributed by atoms with Crippen LogP contribution in [0.5, 0.6) is 0 Å². The van der Waals surface area contributed by atoms with Gasteiger partial charge in [0.2, 0.25) is 5.91 Å². The van der Waals surface area contributed by atoms with E-state index in [2.05, 4.69) is 67.8 Å². The van der Waals surface area contributed by atoms with E-state index in [0.717, 1.165) is 44.9 Å². The van der Waals surface area contributed by atoms with Crippen molar-refractivity contribution in [3.8, 4) is 0 Å². The summed E-state index contributed by atoms with van der Waals surface area (Å²) in [5, 5.41) is 22.6. The summed E-state index contributed by atoms with van der Waals surface area (Å²) < 4.78 is 0. The number of hydrogen-bond donors (Lipinski definition) is 3. The quantitative estimate of drug-likeness (QED) is 0.103. The molecule has 35 heavy (non-hydrogen) atoms. The molecule has 2 unspecified atom stereocenters. The molecule has 0 bridgehead atoms. The first kappa shape index (κ1) is 33.1. The monoisotopic (exact) mass is 487 g/mol. The second-order valence-electron chi connectivity index (χ2n) is 9.10. The molecule has 0 aliphatic heterocycles. The summed E-state index contributed by atoms with van der Waals surface area (Å²) in [6.45, 7) is 4.12. The molecule has 4 heteroatoms. The molecule has 200 valence electrons. The first-order valence-electron chi connectivity index (χ1n) is 14.0. The fourth-order valence-electron chi connectivity index (χ4n) is 3.66. The summed E-state index contributed by atoms with van der Waals surface area (Å²) in [6, 6.07) is -0.588. The zero-order chi connectivity index (χ0) is 25.8. The van der Waals surface area contributed by atoms with E-state index < -0.39 is 12.1 Å². The molecule has 0 aliphatic carbocycles. The molecule has 0 spiro atoms. The van der Waals surface area contributed by atoms with Gasteiger partial charge in [0, 0.05) is 6.42 Å². The molecule has 0 aromatic carbocycles. The number of unbranched alkanes of at least 4 members (excludes halogenated alkanes) is 7. The van der Waals surface area contributed by atoms with Crippen LogP contribution in [0.1, 0.15) is 110 Å². The van der Waals surface area contributed by atoms with Crippen LogP contribution in [0, 0.1) is 0 Å². The van der Waals surface area contributed by atoms with Crippen LogP contribution < -0.4 is 5.32 Å². The predicted molar refractivity (Wildman–Crippen MR) is 151 cm³/mol. The molecule has 0 heterocycles. The molecule has 0 saturated carbocycles. The minimum Gasteiger partial charge on any atom is -0.394 e. The van der Waals surface area contributed by atoms with Crippen LogP contribution in [0.2, 0.25) is 0 Å². The fourth-order valence-corrected chi connectivity index (χ4v) is 3.66. The summed E-state index contributed by atoms with van der Waals surface area (Å²) in [5.41, 5.74) is 0. The lowest BCUT2D eigenvalue weighted by Crippen LogP contribution is -2.45. The Bertz CT molecular complexity index is 619. The first-order chi connectivity index (χ1) is 17.2. The number of nitrogens with one attached hydrogen (secondary N) is 1. The van der Waals surface area contributed by atoms with Gasteiger partial charge in [-0.1, -0.05) is 126 Å². The van der Waals surface area contributed by atoms with Gasteiger partial charge in [-0.2, -0.15) is 0 Å². The van der Waals surface area contributed by atoms with Gasteiger partial charge in [0.15, 0.2) is 0 Å². The highest BCUT2D eigenvalue weighted by molar-refractivity contribution is 5.77. The van der Waals surface area contributed by atoms with E-state index in [9.17, 15) is 15.0 Å². The molecule has 0 aliphatic rings. The van der Waals surface area contributed by atoms with Gasteiger partial charge in [-0.15, -0.1) is 0 Å². The third kappa shape index (κ3) is 23.6. The predicted octanol–water partition coefficient (Wildman–Crippen LogP) is 7.50. The molecule has 0 rings (SSSR count). The highest BCUT2D eigenvalue weighted by Crippen LogP contribution is 2.12. The van der Waals surface area contributed by atoms with Gasteiger partial charge in [0.1, 0.15) is 0 Å². The van der Waals surface area contributed by atoms with E-state index in [1.54, 1.807) is 0 Å². The number of rotatable bonds is 23. The number of hydrogen-bond acceptors (Lipinski definition) is 3. The number of aliphatic hydroxyl groups excluding tert-OH is 2. The number of amides is 1. The van der Waals surface area contributed by atoms with Crippen LogP contribution in [-0.2, 0) is 4.79 Å². The highest BCUT2D eigenvalue weighted by Gasteiger charge is 2.19. The second-order valence-corrected chi connectivity index (χ2v) is 9.10. The average molecular weight is 488 g/mol. The van der Waals surface area contributed by atoms with Gasteiger partial charge < -0.3 is 15.5 Å². The highest BCUT2D eigenvalue weighted by atomic mass is 16.3. The van der Waals surface area contributed by atoms with Crippen LogP contribution >= 0.6 is 0 Å². The molecule has 0 fully saturated rings. The maximum atomic E-state index is 12.1. The van der Waals surface area contributed by atoms with Crippen molar-refractivity contribution >= 4 is 5.91 Å². The molecule has 0 aromatic heterocycles. The lowest BCUT2D eigenvalue weighted by Gasteiger charge is -2.22. The van der Waals surface area contributed by atoms with E-state index in [1.165, 1.54) is 38.5 Å². The van der Waals surface area contributed by atoms with Gasteiger partial charge in [0.05, 0.1) is 18.8 Å². The average Bonchev–Trinajstić information content (AvgIpc) is 2.86. The van der Waals surface area contributed by atoms with Crippen LogP contribution in [-0.4, -0.2) is 34.9 Å². The second kappa shape index (κ2) is 26.7. The van der Waals surface area contributed by atoms with Crippen molar-refractivity contribution in [1.29, 1.82) is 0 Å². The number of carbonyl (C=O) groups is 1. The van der Waals surface area contributed by atoms with Crippen molar-refractivity contribution in [2.75, 3.05) is 6.61 Å². The van der Waals surface area contributed by atoms with Crippen LogP contribution in [0.15, 0.2) is 60.8 Å². The van der Waals surface area contributed by atoms with E-state index in [-0.39, 0.29) is 18.9 Å². The largest absolute Gasteiger partial charge is 0.394 e. The standard InChI is InChI=1S/C31H53NO3/c1-3-5-7-9-11-13-14-15-16-17-18-19-21-23-25-27-31(35)32-29(28-33)30(34)26-24-22-20-12-10-8-6-4-2/h5,7,11,13,15-16,18-19,23,25,29-30,33-34H,3-4,6,8-10,12,14,17,20-22,24,26-28H2,1-2H3,(H,32,35)/b7-5-,13-11-,16-15-,19-18-,25-23-. The smallest absolute Gasteiger partial charge is 0.224 e. The van der Waals surface area contributed by atoms with Crippen molar-refractivity contribution in [1.82, 2.24) is 5.32 Å². The zero-order valence-corrected chi connectivity index (χ0v) is 22.5. The summed E-state index contributed by atoms with van der Waals surface area (Å²) in [5.74, 6) is -0.166. The number of aliphatic hydroxyl groups is 2. The third-order valence-corrected chi connectivity index (χ3v) is 5.82. The van der Waals surface area contributed by atoms with E-state index in [1.807, 2.05) is 12.2 Å². The Morgan fingerprint density at radius 1 is 0.686 bits per heavy atom. The molecular formula is C31H53NO3. The van der Waals surface area contributed by atoms with E-state index in [4.69, 9.17) is 0 Å². The zero-order valence-electron chi connectivity index (χ0n) is 22.5. The minimum atomic E-state index is -0.697. The van der Waals surface area contributed by atoms with Crippen molar-refractivity contribution in [3.05, 3.63) is 60.8 Å². The SMILES string of the molecule is CC/C=C\C/C=C\C/C=C\C/C=C\C/C=C\CC(=O)NC(CO)C(O)CCCCCCCCCC. The van der Waals surface area contributed by atoms with Gasteiger partial charge in [-0.05, 0) is 38.5 Å². The van der Waals surface area contributed by atoms with Gasteiger partial charge in [-0.3, -0.25) is 4.79 Å². The molecule has 0 aromatic rings. The van der Waals surface area contributed by atoms with Crippen molar-refractivity contribution in [2.45, 2.75) is 122 Å². The minimum absolute atomic E-state index is 0.166. The maximum absolute atomic E-state index is 12.1. The summed E-state index contributed by atoms with van der Waals surface area (Å²) in [7, 11) is 0. The molecule has 0 saturated heterocycles. The molecule has 0 radical (unpaired) electrons. The van der Waals surface area contributed by atoms with Crippen LogP contribution in [0.25, 0.3) is 0 Å². The van der Waals surface area contributed by atoms with Crippen molar-refractivity contribution in [2.24, 2.45) is 0 Å². The van der Waals surface area contributed by atoms with Crippen LogP contribution in [0.3, 0.4) is 0 Å². The Kier molecular flexibility index (Phi) is 25.2. The Labute approximate surface area is 216 Å². The molecule has 3 N–H and O–H groups in total. The fraction of sp³-hybridized carbons (Fsp3) is 0.645. The van der Waals surface area contributed by atoms with Crippen molar-refractivity contribution < 1.29 is 15.0 Å². The van der Waals surface area contributed by atoms with Crippen LogP contribution in [0.4, 0.5) is 0 Å². The van der Waals surface area contributed by atoms with Gasteiger partial charge in [0.25, 0.3) is 0 Å². The Hall–Kier alpha value is -1.91.